The van der Waals surface area contributed by atoms with Crippen molar-refractivity contribution in [3.63, 3.8) is 0 Å². The first-order valence-electron chi connectivity index (χ1n) is 5.06. The van der Waals surface area contributed by atoms with Crippen LogP contribution in [0.25, 0.3) is 0 Å². The van der Waals surface area contributed by atoms with E-state index >= 15 is 0 Å². The van der Waals surface area contributed by atoms with Crippen LogP contribution in [0.4, 0.5) is 11.5 Å². The van der Waals surface area contributed by atoms with Crippen LogP contribution in [-0.4, -0.2) is 18.2 Å². The van der Waals surface area contributed by atoms with Crippen LogP contribution in [0.15, 0.2) is 29.3 Å². The average molecular weight is 321 g/mol. The number of anilines is 2. The number of aryl methyl sites for hydroxylation is 1. The SMILES string of the molecule is Cn1nccc1NS(=O)(=O)c1c(N)cc(Cl)cc1Cl. The van der Waals surface area contributed by atoms with Crippen LogP contribution in [0.1, 0.15) is 0 Å². The molecule has 1 aromatic carbocycles. The number of nitrogen functional groups attached to an aromatic ring is 1. The van der Waals surface area contributed by atoms with Crippen LogP contribution in [0, 0.1) is 0 Å². The molecular formula is C10H10Cl2N4O2S. The predicted octanol–water partition coefficient (Wildman–Crippen LogP) is 2.11. The van der Waals surface area contributed by atoms with Crippen molar-refractivity contribution in [1.29, 1.82) is 0 Å². The van der Waals surface area contributed by atoms with E-state index in [4.69, 9.17) is 28.9 Å². The highest BCUT2D eigenvalue weighted by atomic mass is 35.5. The molecule has 0 unspecified atom stereocenters. The molecule has 102 valence electrons. The van der Waals surface area contributed by atoms with Gasteiger partial charge >= 0.3 is 0 Å². The van der Waals surface area contributed by atoms with Crippen LogP contribution in [0.5, 0.6) is 0 Å². The molecule has 0 aliphatic rings. The molecule has 19 heavy (non-hydrogen) atoms. The summed E-state index contributed by atoms with van der Waals surface area (Å²) >= 11 is 11.6. The Morgan fingerprint density at radius 2 is 2.05 bits per heavy atom. The summed E-state index contributed by atoms with van der Waals surface area (Å²) in [6.07, 6.45) is 1.46. The Morgan fingerprint density at radius 3 is 2.58 bits per heavy atom. The Balaban J connectivity index is 2.49. The molecule has 0 bridgehead atoms. The molecule has 0 fully saturated rings. The first kappa shape index (κ1) is 14.0. The maximum absolute atomic E-state index is 12.2. The largest absolute Gasteiger partial charge is 0.398 e. The molecule has 2 rings (SSSR count). The smallest absolute Gasteiger partial charge is 0.266 e. The molecule has 0 aliphatic heterocycles. The summed E-state index contributed by atoms with van der Waals surface area (Å²) in [6.45, 7) is 0. The fourth-order valence-electron chi connectivity index (χ4n) is 1.53. The topological polar surface area (TPSA) is 90.0 Å². The molecular weight excluding hydrogens is 311 g/mol. The van der Waals surface area contributed by atoms with E-state index in [9.17, 15) is 8.42 Å². The van der Waals surface area contributed by atoms with Crippen molar-refractivity contribution in [3.05, 3.63) is 34.4 Å². The van der Waals surface area contributed by atoms with Gasteiger partial charge in [0.15, 0.2) is 0 Å². The second-order valence-corrected chi connectivity index (χ2v) is 6.21. The summed E-state index contributed by atoms with van der Waals surface area (Å²) in [5.41, 5.74) is 5.64. The van der Waals surface area contributed by atoms with Gasteiger partial charge in [0.25, 0.3) is 10.0 Å². The number of nitrogens with two attached hydrogens (primary N) is 1. The second kappa shape index (κ2) is 4.92. The molecule has 3 N–H and O–H groups in total. The zero-order chi connectivity index (χ0) is 14.2. The van der Waals surface area contributed by atoms with E-state index < -0.39 is 10.0 Å². The third kappa shape index (κ3) is 2.78. The monoisotopic (exact) mass is 320 g/mol. The minimum atomic E-state index is -3.91. The van der Waals surface area contributed by atoms with Gasteiger partial charge in [-0.05, 0) is 12.1 Å². The lowest BCUT2D eigenvalue weighted by molar-refractivity contribution is 0.600. The van der Waals surface area contributed by atoms with Gasteiger partial charge in [-0.2, -0.15) is 5.10 Å². The minimum absolute atomic E-state index is 0.0211. The van der Waals surface area contributed by atoms with Crippen LogP contribution in [-0.2, 0) is 17.1 Å². The molecule has 0 saturated carbocycles. The molecule has 6 nitrogen and oxygen atoms in total. The van der Waals surface area contributed by atoms with Crippen LogP contribution in [0.2, 0.25) is 10.0 Å². The third-order valence-corrected chi connectivity index (χ3v) is 4.46. The van der Waals surface area contributed by atoms with Gasteiger partial charge in [-0.25, -0.2) is 8.42 Å². The molecule has 1 heterocycles. The van der Waals surface area contributed by atoms with Gasteiger partial charge in [0.2, 0.25) is 0 Å². The Labute approximate surface area is 120 Å². The van der Waals surface area contributed by atoms with Crippen molar-refractivity contribution in [3.8, 4) is 0 Å². The lowest BCUT2D eigenvalue weighted by Crippen LogP contribution is -2.17. The fourth-order valence-corrected chi connectivity index (χ4v) is 3.60. The first-order valence-corrected chi connectivity index (χ1v) is 7.30. The molecule has 0 amide bonds. The number of halogens is 2. The van der Waals surface area contributed by atoms with Crippen molar-refractivity contribution in [2.75, 3.05) is 10.5 Å². The number of nitrogens with one attached hydrogen (secondary N) is 1. The fraction of sp³-hybridized carbons (Fsp3) is 0.100. The van der Waals surface area contributed by atoms with Gasteiger partial charge in [-0.15, -0.1) is 0 Å². The maximum Gasteiger partial charge on any atom is 0.266 e. The number of rotatable bonds is 3. The molecule has 1 aromatic heterocycles. The summed E-state index contributed by atoms with van der Waals surface area (Å²) in [7, 11) is -2.31. The molecule has 9 heteroatoms. The Kier molecular flexibility index (Phi) is 3.62. The minimum Gasteiger partial charge on any atom is -0.398 e. The van der Waals surface area contributed by atoms with E-state index in [1.807, 2.05) is 0 Å². The molecule has 0 atom stereocenters. The summed E-state index contributed by atoms with van der Waals surface area (Å²) in [6, 6.07) is 4.15. The summed E-state index contributed by atoms with van der Waals surface area (Å²) < 4.78 is 28.2. The quantitative estimate of drug-likeness (QED) is 0.847. The van der Waals surface area contributed by atoms with E-state index in [1.165, 1.54) is 29.1 Å². The van der Waals surface area contributed by atoms with Crippen molar-refractivity contribution in [2.24, 2.45) is 7.05 Å². The number of hydrogen-bond acceptors (Lipinski definition) is 4. The molecule has 0 radical (unpaired) electrons. The average Bonchev–Trinajstić information content (AvgIpc) is 2.61. The van der Waals surface area contributed by atoms with E-state index in [-0.39, 0.29) is 20.6 Å². The van der Waals surface area contributed by atoms with E-state index in [2.05, 4.69) is 9.82 Å². The zero-order valence-electron chi connectivity index (χ0n) is 9.76. The second-order valence-electron chi connectivity index (χ2n) is 3.75. The predicted molar refractivity (Wildman–Crippen MR) is 74.9 cm³/mol. The van der Waals surface area contributed by atoms with E-state index in [1.54, 1.807) is 7.05 Å². The lowest BCUT2D eigenvalue weighted by Gasteiger charge is -2.12. The molecule has 2 aromatic rings. The van der Waals surface area contributed by atoms with E-state index in [0.29, 0.717) is 5.82 Å². The van der Waals surface area contributed by atoms with Crippen molar-refractivity contribution < 1.29 is 8.42 Å². The number of hydrogen-bond donors (Lipinski definition) is 2. The molecule has 0 saturated heterocycles. The van der Waals surface area contributed by atoms with Crippen molar-refractivity contribution >= 4 is 44.7 Å². The number of sulfonamides is 1. The number of aromatic nitrogens is 2. The highest BCUT2D eigenvalue weighted by Gasteiger charge is 2.23. The van der Waals surface area contributed by atoms with Gasteiger partial charge in [0.1, 0.15) is 10.7 Å². The Morgan fingerprint density at radius 1 is 1.37 bits per heavy atom. The normalized spacial score (nSPS) is 11.5. The molecule has 0 spiro atoms. The first-order chi connectivity index (χ1) is 8.81. The van der Waals surface area contributed by atoms with Crippen LogP contribution < -0.4 is 10.5 Å². The van der Waals surface area contributed by atoms with Gasteiger partial charge in [0, 0.05) is 18.1 Å². The van der Waals surface area contributed by atoms with Gasteiger partial charge in [-0.1, -0.05) is 23.2 Å². The van der Waals surface area contributed by atoms with Crippen LogP contribution in [0.3, 0.4) is 0 Å². The maximum atomic E-state index is 12.2. The standard InChI is InChI=1S/C10H10Cl2N4O2S/c1-16-9(2-3-14-16)15-19(17,18)10-7(12)4-6(11)5-8(10)13/h2-5,15H,13H2,1H3. The van der Waals surface area contributed by atoms with Crippen molar-refractivity contribution in [2.45, 2.75) is 4.90 Å². The van der Waals surface area contributed by atoms with Gasteiger partial charge in [-0.3, -0.25) is 9.40 Å². The van der Waals surface area contributed by atoms with E-state index in [0.717, 1.165) is 0 Å². The lowest BCUT2D eigenvalue weighted by atomic mass is 10.3. The summed E-state index contributed by atoms with van der Waals surface area (Å²) in [4.78, 5) is -0.209. The number of benzene rings is 1. The summed E-state index contributed by atoms with van der Waals surface area (Å²) in [5, 5.41) is 4.08. The van der Waals surface area contributed by atoms with Crippen molar-refractivity contribution in [1.82, 2.24) is 9.78 Å². The van der Waals surface area contributed by atoms with Crippen LogP contribution >= 0.6 is 23.2 Å². The van der Waals surface area contributed by atoms with Gasteiger partial charge < -0.3 is 5.73 Å². The highest BCUT2D eigenvalue weighted by molar-refractivity contribution is 7.93. The Hall–Kier alpha value is -1.44. The number of nitrogens with zero attached hydrogens (tertiary/aromatic N) is 2. The third-order valence-electron chi connectivity index (χ3n) is 2.37. The van der Waals surface area contributed by atoms with Gasteiger partial charge in [0.05, 0.1) is 16.9 Å². The zero-order valence-corrected chi connectivity index (χ0v) is 12.1. The highest BCUT2D eigenvalue weighted by Crippen LogP contribution is 2.32. The Bertz CT molecular complexity index is 704. The molecule has 0 aliphatic carbocycles. The summed E-state index contributed by atoms with van der Waals surface area (Å²) in [5.74, 6) is 0.297.